The van der Waals surface area contributed by atoms with E-state index in [-0.39, 0.29) is 0 Å². The van der Waals surface area contributed by atoms with Crippen molar-refractivity contribution in [3.8, 4) is 0 Å². The molecule has 0 bridgehead atoms. The maximum Gasteiger partial charge on any atom is 0.00672 e. The second-order valence-corrected chi connectivity index (χ2v) is 4.27. The van der Waals surface area contributed by atoms with Gasteiger partial charge in [0.1, 0.15) is 0 Å². The molecule has 2 atom stereocenters. The first kappa shape index (κ1) is 10.0. The smallest absolute Gasteiger partial charge is 0.00672 e. The molecule has 0 aromatic carbocycles. The van der Waals surface area contributed by atoms with Crippen molar-refractivity contribution in [2.75, 3.05) is 0 Å². The van der Waals surface area contributed by atoms with E-state index in [9.17, 15) is 0 Å². The first-order valence-electron chi connectivity index (χ1n) is 5.53. The molecule has 0 aliphatic heterocycles. The summed E-state index contributed by atoms with van der Waals surface area (Å²) >= 11 is 0. The van der Waals surface area contributed by atoms with Gasteiger partial charge in [-0.05, 0) is 31.1 Å². The number of hydrogen-bond donors (Lipinski definition) is 1. The van der Waals surface area contributed by atoms with Crippen LogP contribution in [0.25, 0.3) is 0 Å². The zero-order chi connectivity index (χ0) is 8.97. The Morgan fingerprint density at radius 1 is 1.25 bits per heavy atom. The fraction of sp³-hybridized carbons (Fsp3) is 1.00. The Morgan fingerprint density at radius 2 is 1.92 bits per heavy atom. The van der Waals surface area contributed by atoms with E-state index in [0.29, 0.717) is 6.04 Å². The molecule has 0 aromatic rings. The lowest BCUT2D eigenvalue weighted by Crippen LogP contribution is -2.26. The molecule has 1 aliphatic rings. The van der Waals surface area contributed by atoms with E-state index in [0.717, 1.165) is 11.8 Å². The normalized spacial score (nSPS) is 30.0. The lowest BCUT2D eigenvalue weighted by Gasteiger charge is -2.20. The van der Waals surface area contributed by atoms with Gasteiger partial charge in [0, 0.05) is 6.04 Å². The molecule has 1 nitrogen and oxygen atoms in total. The zero-order valence-electron chi connectivity index (χ0n) is 8.55. The van der Waals surface area contributed by atoms with Crippen molar-refractivity contribution in [1.29, 1.82) is 0 Å². The lowest BCUT2D eigenvalue weighted by molar-refractivity contribution is 0.335. The van der Waals surface area contributed by atoms with E-state index in [4.69, 9.17) is 5.73 Å². The molecule has 0 heterocycles. The van der Waals surface area contributed by atoms with E-state index >= 15 is 0 Å². The van der Waals surface area contributed by atoms with Crippen LogP contribution in [-0.2, 0) is 0 Å². The summed E-state index contributed by atoms with van der Waals surface area (Å²) in [6, 6.07) is 0.519. The quantitative estimate of drug-likeness (QED) is 0.688. The molecular weight excluding hydrogens is 146 g/mol. The summed E-state index contributed by atoms with van der Waals surface area (Å²) in [4.78, 5) is 0. The molecule has 12 heavy (non-hydrogen) atoms. The van der Waals surface area contributed by atoms with Gasteiger partial charge in [0.05, 0.1) is 0 Å². The predicted octanol–water partition coefficient (Wildman–Crippen LogP) is 2.94. The highest BCUT2D eigenvalue weighted by atomic mass is 14.7. The third-order valence-electron chi connectivity index (χ3n) is 3.51. The summed E-state index contributed by atoms with van der Waals surface area (Å²) in [6.07, 6.45) is 8.07. The summed E-state index contributed by atoms with van der Waals surface area (Å²) in [5.41, 5.74) is 6.04. The van der Waals surface area contributed by atoms with Crippen molar-refractivity contribution in [2.45, 2.75) is 58.4 Å². The minimum atomic E-state index is 0.519. The Balaban J connectivity index is 2.28. The van der Waals surface area contributed by atoms with E-state index in [2.05, 4.69) is 13.8 Å². The molecule has 0 amide bonds. The fourth-order valence-corrected chi connectivity index (χ4v) is 2.41. The Hall–Kier alpha value is -0.0400. The van der Waals surface area contributed by atoms with Crippen molar-refractivity contribution in [2.24, 2.45) is 17.6 Å². The summed E-state index contributed by atoms with van der Waals surface area (Å²) in [5, 5.41) is 0. The Morgan fingerprint density at radius 3 is 2.33 bits per heavy atom. The molecule has 1 fully saturated rings. The van der Waals surface area contributed by atoms with E-state index in [1.807, 2.05) is 0 Å². The van der Waals surface area contributed by atoms with Crippen LogP contribution in [0.2, 0.25) is 0 Å². The van der Waals surface area contributed by atoms with E-state index in [1.54, 1.807) is 0 Å². The molecule has 0 spiro atoms. The topological polar surface area (TPSA) is 26.0 Å². The molecule has 0 radical (unpaired) electrons. The number of nitrogens with two attached hydrogens (primary N) is 1. The zero-order valence-corrected chi connectivity index (χ0v) is 8.55. The van der Waals surface area contributed by atoms with Gasteiger partial charge >= 0.3 is 0 Å². The lowest BCUT2D eigenvalue weighted by atomic mass is 9.88. The molecule has 2 N–H and O–H groups in total. The van der Waals surface area contributed by atoms with Crippen LogP contribution in [-0.4, -0.2) is 6.04 Å². The van der Waals surface area contributed by atoms with Gasteiger partial charge in [-0.1, -0.05) is 33.1 Å². The van der Waals surface area contributed by atoms with Crippen LogP contribution in [0.5, 0.6) is 0 Å². The molecule has 72 valence electrons. The molecule has 0 saturated heterocycles. The van der Waals surface area contributed by atoms with Crippen molar-refractivity contribution < 1.29 is 0 Å². The maximum atomic E-state index is 6.04. The van der Waals surface area contributed by atoms with Gasteiger partial charge in [-0.25, -0.2) is 0 Å². The third kappa shape index (κ3) is 2.48. The minimum Gasteiger partial charge on any atom is -0.327 e. The monoisotopic (exact) mass is 169 g/mol. The summed E-state index contributed by atoms with van der Waals surface area (Å²) in [5.74, 6) is 1.77. The fourth-order valence-electron chi connectivity index (χ4n) is 2.41. The van der Waals surface area contributed by atoms with Crippen LogP contribution in [0, 0.1) is 11.8 Å². The van der Waals surface area contributed by atoms with Gasteiger partial charge in [-0.15, -0.1) is 0 Å². The van der Waals surface area contributed by atoms with Crippen LogP contribution in [0.4, 0.5) is 0 Å². The van der Waals surface area contributed by atoms with Crippen molar-refractivity contribution in [3.05, 3.63) is 0 Å². The Kier molecular flexibility index (Phi) is 4.07. The van der Waals surface area contributed by atoms with Crippen molar-refractivity contribution >= 4 is 0 Å². The van der Waals surface area contributed by atoms with Gasteiger partial charge < -0.3 is 5.73 Å². The van der Waals surface area contributed by atoms with Gasteiger partial charge in [0.15, 0.2) is 0 Å². The first-order chi connectivity index (χ1) is 5.77. The largest absolute Gasteiger partial charge is 0.327 e. The molecule has 1 rings (SSSR count). The average Bonchev–Trinajstić information content (AvgIpc) is 2.47. The van der Waals surface area contributed by atoms with Gasteiger partial charge in [0.2, 0.25) is 0 Å². The summed E-state index contributed by atoms with van der Waals surface area (Å²) in [7, 11) is 0. The van der Waals surface area contributed by atoms with E-state index in [1.165, 1.54) is 38.5 Å². The second-order valence-electron chi connectivity index (χ2n) is 4.27. The molecule has 1 heteroatoms. The molecular formula is C11H23N. The highest BCUT2D eigenvalue weighted by Crippen LogP contribution is 2.31. The van der Waals surface area contributed by atoms with E-state index < -0.39 is 0 Å². The first-order valence-corrected chi connectivity index (χ1v) is 5.53. The SMILES string of the molecule is CCC(CC)CC1CCCC1N. The van der Waals surface area contributed by atoms with Crippen LogP contribution >= 0.6 is 0 Å². The van der Waals surface area contributed by atoms with Crippen LogP contribution in [0.15, 0.2) is 0 Å². The highest BCUT2D eigenvalue weighted by molar-refractivity contribution is 4.81. The second kappa shape index (κ2) is 4.86. The van der Waals surface area contributed by atoms with Crippen molar-refractivity contribution in [1.82, 2.24) is 0 Å². The van der Waals surface area contributed by atoms with Gasteiger partial charge in [-0.3, -0.25) is 0 Å². The summed E-state index contributed by atoms with van der Waals surface area (Å²) in [6.45, 7) is 4.60. The predicted molar refractivity (Wildman–Crippen MR) is 54.0 cm³/mol. The van der Waals surface area contributed by atoms with Crippen LogP contribution < -0.4 is 5.73 Å². The number of rotatable bonds is 4. The Bertz CT molecular complexity index is 118. The Labute approximate surface area is 76.7 Å². The third-order valence-corrected chi connectivity index (χ3v) is 3.51. The van der Waals surface area contributed by atoms with Gasteiger partial charge in [0.25, 0.3) is 0 Å². The molecule has 0 aromatic heterocycles. The van der Waals surface area contributed by atoms with Crippen molar-refractivity contribution in [3.63, 3.8) is 0 Å². The minimum absolute atomic E-state index is 0.519. The molecule has 1 aliphatic carbocycles. The van der Waals surface area contributed by atoms with Crippen LogP contribution in [0.1, 0.15) is 52.4 Å². The summed E-state index contributed by atoms with van der Waals surface area (Å²) < 4.78 is 0. The maximum absolute atomic E-state index is 6.04. The van der Waals surface area contributed by atoms with Crippen LogP contribution in [0.3, 0.4) is 0 Å². The standard InChI is InChI=1S/C11H23N/c1-3-9(4-2)8-10-6-5-7-11(10)12/h9-11H,3-8,12H2,1-2H3. The molecule has 1 saturated carbocycles. The highest BCUT2D eigenvalue weighted by Gasteiger charge is 2.25. The number of hydrogen-bond acceptors (Lipinski definition) is 1. The van der Waals surface area contributed by atoms with Gasteiger partial charge in [-0.2, -0.15) is 0 Å². The molecule has 2 unspecified atom stereocenters. The average molecular weight is 169 g/mol.